The summed E-state index contributed by atoms with van der Waals surface area (Å²) in [5.41, 5.74) is 0. The van der Waals surface area contributed by atoms with Gasteiger partial charge in [0.2, 0.25) is 0 Å². The number of carbonyl (C=O) groups is 1. The van der Waals surface area contributed by atoms with Gasteiger partial charge in [-0.3, -0.25) is 4.98 Å². The van der Waals surface area contributed by atoms with Crippen molar-refractivity contribution in [3.05, 3.63) is 54.2 Å². The van der Waals surface area contributed by atoms with Gasteiger partial charge >= 0.3 is 4.77 Å². The first-order valence-electron chi connectivity index (χ1n) is 4.89. The van der Waals surface area contributed by atoms with Crippen LogP contribution in [0.4, 0.5) is 0 Å². The average Bonchev–Trinajstić information content (AvgIpc) is 2.37. The van der Waals surface area contributed by atoms with Gasteiger partial charge < -0.3 is 9.45 Å². The lowest BCUT2D eigenvalue weighted by Gasteiger charge is -2.05. The van der Waals surface area contributed by atoms with Crippen molar-refractivity contribution >= 4 is 45.2 Å². The Balaban J connectivity index is 3.43. The Bertz CT molecular complexity index is 542. The van der Waals surface area contributed by atoms with Crippen molar-refractivity contribution in [1.29, 1.82) is 0 Å². The van der Waals surface area contributed by atoms with Gasteiger partial charge in [-0.1, -0.05) is 53.8 Å². The Kier molecular flexibility index (Phi) is 5.69. The minimum atomic E-state index is -0.556. The molecule has 1 rings (SSSR count). The van der Waals surface area contributed by atoms with E-state index in [1.165, 1.54) is 6.08 Å². The molecule has 0 aromatic carbocycles. The molecule has 0 amide bonds. The molecule has 0 radical (unpaired) electrons. The Morgan fingerprint density at radius 2 is 2.29 bits per heavy atom. The van der Waals surface area contributed by atoms with E-state index in [1.54, 1.807) is 12.3 Å². The normalized spacial score (nSPS) is 12.6. The molecule has 0 unspecified atom stereocenters. The van der Waals surface area contributed by atoms with Crippen molar-refractivity contribution in [2.24, 2.45) is 0 Å². The van der Waals surface area contributed by atoms with Gasteiger partial charge in [0, 0.05) is 11.4 Å². The monoisotopic (exact) mass is 339 g/mol. The number of hydrogen-bond donors (Lipinski definition) is 0. The summed E-state index contributed by atoms with van der Waals surface area (Å²) in [4.78, 5) is 14.8. The van der Waals surface area contributed by atoms with Crippen molar-refractivity contribution in [2.45, 2.75) is 0 Å². The quantitative estimate of drug-likeness (QED) is 0.458. The number of rotatable bonds is 5. The predicted molar refractivity (Wildman–Crippen MR) is 79.4 cm³/mol. The minimum absolute atomic E-state index is 0.477. The smallest absolute Gasteiger partial charge is 0.498 e. The van der Waals surface area contributed by atoms with Gasteiger partial charge in [0.15, 0.2) is 0 Å². The van der Waals surface area contributed by atoms with Crippen LogP contribution in [0.1, 0.15) is 0 Å². The molecule has 0 aliphatic carbocycles. The fourth-order valence-electron chi connectivity index (χ4n) is 1.23. The van der Waals surface area contributed by atoms with Crippen molar-refractivity contribution in [3.63, 3.8) is 0 Å². The number of nitrogens with zero attached hydrogens (tertiary/aromatic N) is 1. The van der Waals surface area contributed by atoms with E-state index < -0.39 is 4.77 Å². The molecule has 0 spiro atoms. The third-order valence-corrected chi connectivity index (χ3v) is 2.45. The largest absolute Gasteiger partial charge is 0.544 e. The van der Waals surface area contributed by atoms with Crippen molar-refractivity contribution in [3.8, 4) is 0 Å². The van der Waals surface area contributed by atoms with Crippen LogP contribution in [-0.4, -0.2) is 15.9 Å². The maximum Gasteiger partial charge on any atom is 0.498 e. The molecular weight excluding hydrogens is 328 g/mol. The number of carbonyl (C=O) groups excluding carboxylic acids is 1. The van der Waals surface area contributed by atoms with E-state index >= 15 is 0 Å². The molecule has 5 heteroatoms. The van der Waals surface area contributed by atoms with Crippen molar-refractivity contribution in [1.82, 2.24) is 4.98 Å². The van der Waals surface area contributed by atoms with E-state index in [0.717, 1.165) is 5.22 Å². The molecule has 1 aromatic heterocycles. The summed E-state index contributed by atoms with van der Waals surface area (Å²) in [6.07, 6.45) is 7.40. The second-order valence-corrected chi connectivity index (χ2v) is 4.24. The first-order chi connectivity index (χ1) is 8.22. The van der Waals surface area contributed by atoms with E-state index in [0.29, 0.717) is 17.3 Å². The number of halogens is 1. The highest BCUT2D eigenvalue weighted by Gasteiger charge is 2.12. The third kappa shape index (κ3) is 3.85. The summed E-state index contributed by atoms with van der Waals surface area (Å²) < 4.78 is 4.87. The van der Waals surface area contributed by atoms with Crippen LogP contribution in [0, 0.1) is 0 Å². The fourth-order valence-corrected chi connectivity index (χ4v) is 1.51. The molecule has 0 bridgehead atoms. The Morgan fingerprint density at radius 3 is 2.88 bits per heavy atom. The Morgan fingerprint density at radius 1 is 1.53 bits per heavy atom. The van der Waals surface area contributed by atoms with E-state index in [9.17, 15) is 4.79 Å². The van der Waals surface area contributed by atoms with Crippen LogP contribution in [-0.2, 0) is 9.45 Å². The fraction of sp³-hybridized carbons (Fsp3) is 0. The lowest BCUT2D eigenvalue weighted by atomic mass is 10.1. The van der Waals surface area contributed by atoms with Crippen LogP contribution in [0.15, 0.2) is 43.6 Å². The van der Waals surface area contributed by atoms with Gasteiger partial charge in [-0.2, -0.15) is 0 Å². The topological polar surface area (TPSA) is 39.2 Å². The number of allylic oxidation sites excluding steroid dienone is 1. The second kappa shape index (κ2) is 7.06. The van der Waals surface area contributed by atoms with E-state index in [-0.39, 0.29) is 0 Å². The van der Waals surface area contributed by atoms with Crippen LogP contribution < -0.4 is 10.6 Å². The highest BCUT2D eigenvalue weighted by atomic mass is 127. The number of aromatic nitrogens is 1. The van der Waals surface area contributed by atoms with Crippen molar-refractivity contribution < 1.29 is 9.45 Å². The molecule has 17 heavy (non-hydrogen) atoms. The summed E-state index contributed by atoms with van der Waals surface area (Å²) >= 11 is 1.89. The highest BCUT2D eigenvalue weighted by molar-refractivity contribution is 14.1. The molecule has 3 nitrogen and oxygen atoms in total. The predicted octanol–water partition coefficient (Wildman–Crippen LogP) is 1.05. The summed E-state index contributed by atoms with van der Waals surface area (Å²) in [5, 5.41) is 1.51. The van der Waals surface area contributed by atoms with Crippen LogP contribution >= 0.6 is 22.4 Å². The molecule has 0 saturated carbocycles. The maximum absolute atomic E-state index is 10.6. The first kappa shape index (κ1) is 13.7. The third-order valence-electron chi connectivity index (χ3n) is 1.90. The van der Waals surface area contributed by atoms with Gasteiger partial charge in [-0.25, -0.2) is 0 Å². The molecule has 1 heterocycles. The van der Waals surface area contributed by atoms with Gasteiger partial charge in [-0.15, -0.1) is 0 Å². The molecule has 0 fully saturated rings. The molecule has 0 aliphatic rings. The maximum atomic E-state index is 10.6. The number of pyridine rings is 1. The van der Waals surface area contributed by atoms with Gasteiger partial charge in [0.1, 0.15) is 17.3 Å². The van der Waals surface area contributed by atoms with Gasteiger partial charge in [0.05, 0.1) is 0 Å². The van der Waals surface area contributed by atoms with Crippen LogP contribution in [0.25, 0.3) is 11.8 Å². The van der Waals surface area contributed by atoms with E-state index in [1.807, 2.05) is 40.6 Å². The van der Waals surface area contributed by atoms with Crippen LogP contribution in [0.3, 0.4) is 0 Å². The summed E-state index contributed by atoms with van der Waals surface area (Å²) in [5.74, 6) is 0.477. The first-order valence-corrected chi connectivity index (χ1v) is 6.14. The minimum Gasteiger partial charge on any atom is -0.544 e. The Hall–Kier alpha value is -1.37. The van der Waals surface area contributed by atoms with Gasteiger partial charge in [-0.05, 0) is 12.1 Å². The standard InChI is InChI=1S/C12H11BINO2/c1-3-6-10-7-5-8-15-12(10)11(4-2)17-13(14)9-16/h3-9H,1-2H2/b10-6-,12-11-. The van der Waals surface area contributed by atoms with Crippen LogP contribution in [0.2, 0.25) is 0 Å². The van der Waals surface area contributed by atoms with Gasteiger partial charge in [0.25, 0.3) is 0 Å². The van der Waals surface area contributed by atoms with E-state index in [2.05, 4.69) is 18.1 Å². The van der Waals surface area contributed by atoms with Crippen molar-refractivity contribution in [2.75, 3.05) is 0 Å². The van der Waals surface area contributed by atoms with Crippen LogP contribution in [0.5, 0.6) is 0 Å². The molecule has 86 valence electrons. The molecular formula is C12H11BINO2. The van der Waals surface area contributed by atoms with E-state index in [4.69, 9.17) is 4.65 Å². The number of hydrogen-bond acceptors (Lipinski definition) is 3. The summed E-state index contributed by atoms with van der Waals surface area (Å²) in [7, 11) is 0. The lowest BCUT2D eigenvalue weighted by molar-refractivity contribution is 0.534. The molecule has 0 N–H and O–H groups in total. The summed E-state index contributed by atoms with van der Waals surface area (Å²) in [6.45, 7) is 7.31. The zero-order valence-corrected chi connectivity index (χ0v) is 11.3. The highest BCUT2D eigenvalue weighted by Crippen LogP contribution is 2.03. The molecule has 0 atom stereocenters. The lowest BCUT2D eigenvalue weighted by Crippen LogP contribution is -2.31. The Labute approximate surface area is 114 Å². The molecule has 0 aliphatic heterocycles. The second-order valence-electron chi connectivity index (χ2n) is 3.02. The zero-order chi connectivity index (χ0) is 12.7. The zero-order valence-electron chi connectivity index (χ0n) is 9.17. The molecule has 1 aromatic rings. The average molecular weight is 339 g/mol. The summed E-state index contributed by atoms with van der Waals surface area (Å²) in [6, 6.07) is 3.71. The molecule has 0 saturated heterocycles. The SMILES string of the molecule is C=C/C=c1/cccn/c1=C(/C=C)OB(I)C=O.